The van der Waals surface area contributed by atoms with Crippen LogP contribution in [0, 0.1) is 11.8 Å². The maximum Gasteiger partial charge on any atom is 0.326 e. The van der Waals surface area contributed by atoms with Crippen molar-refractivity contribution in [2.75, 3.05) is 13.7 Å². The van der Waals surface area contributed by atoms with E-state index in [1.807, 2.05) is 0 Å². The molecule has 3 N–H and O–H groups in total. The third-order valence-electron chi connectivity index (χ3n) is 3.96. The van der Waals surface area contributed by atoms with Crippen LogP contribution in [0.5, 0.6) is 0 Å². The van der Waals surface area contributed by atoms with Crippen molar-refractivity contribution in [1.29, 1.82) is 0 Å². The monoisotopic (exact) mass is 300 g/mol. The van der Waals surface area contributed by atoms with Gasteiger partial charge in [-0.3, -0.25) is 0 Å². The summed E-state index contributed by atoms with van der Waals surface area (Å²) < 4.78 is 4.90. The summed E-state index contributed by atoms with van der Waals surface area (Å²) in [5.74, 6) is 0.179. The molecule has 21 heavy (non-hydrogen) atoms. The van der Waals surface area contributed by atoms with E-state index in [9.17, 15) is 9.59 Å². The number of urea groups is 1. The van der Waals surface area contributed by atoms with E-state index in [1.165, 1.54) is 6.42 Å². The zero-order valence-corrected chi connectivity index (χ0v) is 13.2. The average Bonchev–Trinajstić information content (AvgIpc) is 2.36. The molecule has 6 heteroatoms. The molecule has 1 saturated carbocycles. The highest BCUT2D eigenvalue weighted by Crippen LogP contribution is 2.28. The molecular weight excluding hydrogens is 272 g/mol. The molecule has 1 aliphatic rings. The molecule has 2 amide bonds. The van der Waals surface area contributed by atoms with E-state index < -0.39 is 12.0 Å². The van der Waals surface area contributed by atoms with Crippen LogP contribution >= 0.6 is 0 Å². The highest BCUT2D eigenvalue weighted by atomic mass is 16.5. The van der Waals surface area contributed by atoms with E-state index >= 15 is 0 Å². The van der Waals surface area contributed by atoms with E-state index in [-0.39, 0.29) is 12.1 Å². The highest BCUT2D eigenvalue weighted by Gasteiger charge is 2.26. The molecular formula is C15H28N2O4. The van der Waals surface area contributed by atoms with Gasteiger partial charge >= 0.3 is 12.0 Å². The molecule has 0 aromatic rings. The molecule has 0 saturated heterocycles. The number of rotatable bonds is 7. The van der Waals surface area contributed by atoms with Crippen molar-refractivity contribution in [3.8, 4) is 0 Å². The van der Waals surface area contributed by atoms with Crippen LogP contribution in [0.15, 0.2) is 0 Å². The lowest BCUT2D eigenvalue weighted by atomic mass is 9.80. The first-order valence-corrected chi connectivity index (χ1v) is 7.71. The van der Waals surface area contributed by atoms with Gasteiger partial charge in [-0.15, -0.1) is 0 Å². The second-order valence-corrected chi connectivity index (χ2v) is 6.26. The molecule has 1 fully saturated rings. The number of ether oxygens (including phenoxy) is 1. The van der Waals surface area contributed by atoms with Crippen molar-refractivity contribution in [2.24, 2.45) is 11.8 Å². The SMILES string of the molecule is COCCCC(NC(=O)NC1CC(C)CC(C)C1)C(=O)O. The van der Waals surface area contributed by atoms with Crippen molar-refractivity contribution in [3.63, 3.8) is 0 Å². The van der Waals surface area contributed by atoms with Crippen LogP contribution in [0.2, 0.25) is 0 Å². The van der Waals surface area contributed by atoms with Gasteiger partial charge in [0.15, 0.2) is 0 Å². The Bertz CT molecular complexity index is 339. The van der Waals surface area contributed by atoms with Crippen molar-refractivity contribution in [3.05, 3.63) is 0 Å². The molecule has 0 aromatic carbocycles. The van der Waals surface area contributed by atoms with Gasteiger partial charge in [0, 0.05) is 19.8 Å². The van der Waals surface area contributed by atoms with Gasteiger partial charge in [0.25, 0.3) is 0 Å². The Morgan fingerprint density at radius 1 is 1.24 bits per heavy atom. The third-order valence-corrected chi connectivity index (χ3v) is 3.96. The first-order valence-electron chi connectivity index (χ1n) is 7.71. The summed E-state index contributed by atoms with van der Waals surface area (Å²) in [5.41, 5.74) is 0. The first-order chi connectivity index (χ1) is 9.92. The maximum atomic E-state index is 12.0. The molecule has 6 nitrogen and oxygen atoms in total. The molecule has 0 heterocycles. The topological polar surface area (TPSA) is 87.7 Å². The van der Waals surface area contributed by atoms with Crippen molar-refractivity contribution in [1.82, 2.24) is 10.6 Å². The standard InChI is InChI=1S/C15H28N2O4/c1-10-7-11(2)9-12(8-10)16-15(20)17-13(14(18)19)5-4-6-21-3/h10-13H,4-9H2,1-3H3,(H,18,19)(H2,16,17,20). The lowest BCUT2D eigenvalue weighted by Gasteiger charge is -2.32. The van der Waals surface area contributed by atoms with Gasteiger partial charge in [0.1, 0.15) is 6.04 Å². The fourth-order valence-corrected chi connectivity index (χ4v) is 3.14. The Kier molecular flexibility index (Phi) is 7.50. The van der Waals surface area contributed by atoms with Gasteiger partial charge in [-0.25, -0.2) is 9.59 Å². The molecule has 122 valence electrons. The number of carboxylic acids is 1. The maximum absolute atomic E-state index is 12.0. The van der Waals surface area contributed by atoms with Crippen LogP contribution in [-0.2, 0) is 9.53 Å². The molecule has 1 rings (SSSR count). The number of hydrogen-bond donors (Lipinski definition) is 3. The van der Waals surface area contributed by atoms with E-state index in [1.54, 1.807) is 7.11 Å². The largest absolute Gasteiger partial charge is 0.480 e. The van der Waals surface area contributed by atoms with Crippen molar-refractivity contribution in [2.45, 2.75) is 58.0 Å². The fourth-order valence-electron chi connectivity index (χ4n) is 3.14. The van der Waals surface area contributed by atoms with Crippen LogP contribution in [0.1, 0.15) is 46.0 Å². The summed E-state index contributed by atoms with van der Waals surface area (Å²) in [6.07, 6.45) is 4.08. The lowest BCUT2D eigenvalue weighted by Crippen LogP contribution is -2.50. The molecule has 1 aliphatic carbocycles. The van der Waals surface area contributed by atoms with Gasteiger partial charge in [-0.05, 0) is 43.9 Å². The van der Waals surface area contributed by atoms with Crippen LogP contribution in [0.4, 0.5) is 4.79 Å². The highest BCUT2D eigenvalue weighted by molar-refractivity contribution is 5.82. The zero-order valence-electron chi connectivity index (χ0n) is 13.2. The Morgan fingerprint density at radius 2 is 1.86 bits per heavy atom. The van der Waals surface area contributed by atoms with E-state index in [0.717, 1.165) is 12.8 Å². The van der Waals surface area contributed by atoms with E-state index in [2.05, 4.69) is 24.5 Å². The minimum absolute atomic E-state index is 0.136. The minimum atomic E-state index is -1.01. The first kappa shape index (κ1) is 17.8. The quantitative estimate of drug-likeness (QED) is 0.627. The van der Waals surface area contributed by atoms with Crippen LogP contribution < -0.4 is 10.6 Å². The summed E-state index contributed by atoms with van der Waals surface area (Å²) in [7, 11) is 1.57. The van der Waals surface area contributed by atoms with E-state index in [4.69, 9.17) is 9.84 Å². The number of carboxylic acid groups (broad SMARTS) is 1. The van der Waals surface area contributed by atoms with Crippen molar-refractivity contribution < 1.29 is 19.4 Å². The number of methoxy groups -OCH3 is 1. The van der Waals surface area contributed by atoms with E-state index in [0.29, 0.717) is 31.3 Å². The number of nitrogens with one attached hydrogen (secondary N) is 2. The molecule has 0 spiro atoms. The number of carbonyl (C=O) groups is 2. The Morgan fingerprint density at radius 3 is 2.38 bits per heavy atom. The molecule has 0 aliphatic heterocycles. The minimum Gasteiger partial charge on any atom is -0.480 e. The molecule has 3 atom stereocenters. The average molecular weight is 300 g/mol. The summed E-state index contributed by atoms with van der Waals surface area (Å²) in [5, 5.41) is 14.6. The Hall–Kier alpha value is -1.30. The second kappa shape index (κ2) is 8.87. The number of aliphatic carboxylic acids is 1. The molecule has 0 radical (unpaired) electrons. The molecule has 0 aromatic heterocycles. The van der Waals surface area contributed by atoms with Gasteiger partial charge < -0.3 is 20.5 Å². The van der Waals surface area contributed by atoms with Crippen LogP contribution in [0.3, 0.4) is 0 Å². The van der Waals surface area contributed by atoms with Crippen molar-refractivity contribution >= 4 is 12.0 Å². The zero-order chi connectivity index (χ0) is 15.8. The van der Waals surface area contributed by atoms with Crippen LogP contribution in [-0.4, -0.2) is 42.9 Å². The Labute approximate surface area is 126 Å². The predicted octanol–water partition coefficient (Wildman–Crippen LogP) is 1.99. The number of amides is 2. The predicted molar refractivity (Wildman–Crippen MR) is 80.2 cm³/mol. The third kappa shape index (κ3) is 6.80. The lowest BCUT2D eigenvalue weighted by molar-refractivity contribution is -0.139. The summed E-state index contributed by atoms with van der Waals surface area (Å²) in [6.45, 7) is 4.87. The van der Waals surface area contributed by atoms with Gasteiger partial charge in [-0.2, -0.15) is 0 Å². The van der Waals surface area contributed by atoms with Gasteiger partial charge in [-0.1, -0.05) is 13.8 Å². The summed E-state index contributed by atoms with van der Waals surface area (Å²) in [6, 6.07) is -1.11. The number of hydrogen-bond acceptors (Lipinski definition) is 3. The fraction of sp³-hybridized carbons (Fsp3) is 0.867. The van der Waals surface area contributed by atoms with Gasteiger partial charge in [0.2, 0.25) is 0 Å². The Balaban J connectivity index is 2.40. The molecule has 3 unspecified atom stereocenters. The number of carbonyl (C=O) groups excluding carboxylic acids is 1. The normalized spacial score (nSPS) is 26.9. The van der Waals surface area contributed by atoms with Crippen LogP contribution in [0.25, 0.3) is 0 Å². The van der Waals surface area contributed by atoms with Gasteiger partial charge in [0.05, 0.1) is 0 Å². The second-order valence-electron chi connectivity index (χ2n) is 6.26. The molecule has 0 bridgehead atoms. The summed E-state index contributed by atoms with van der Waals surface area (Å²) >= 11 is 0. The smallest absolute Gasteiger partial charge is 0.326 e. The summed E-state index contributed by atoms with van der Waals surface area (Å²) in [4.78, 5) is 23.1.